The number of esters is 1. The van der Waals surface area contributed by atoms with Gasteiger partial charge < -0.3 is 19.6 Å². The zero-order chi connectivity index (χ0) is 13.8. The van der Waals surface area contributed by atoms with Crippen molar-refractivity contribution < 1.29 is 14.3 Å². The van der Waals surface area contributed by atoms with E-state index in [1.54, 1.807) is 11.8 Å². The number of carbonyl (C=O) groups is 2. The standard InChI is InChI=1S/C12H17N3O4/c1-2-19-11(17)8-4-3-5-15(7-8)10(16)9-6-13-12(18)14-9/h6,8H,2-5,7H2,1H3,(H2,13,14,18)/t8-/m1/s1. The van der Waals surface area contributed by atoms with E-state index in [2.05, 4.69) is 9.97 Å². The van der Waals surface area contributed by atoms with Crippen LogP contribution in [0, 0.1) is 5.92 Å². The third-order valence-corrected chi connectivity index (χ3v) is 3.15. The summed E-state index contributed by atoms with van der Waals surface area (Å²) >= 11 is 0. The van der Waals surface area contributed by atoms with Crippen molar-refractivity contribution in [2.24, 2.45) is 5.92 Å². The van der Waals surface area contributed by atoms with E-state index in [1.807, 2.05) is 0 Å². The van der Waals surface area contributed by atoms with E-state index in [4.69, 9.17) is 4.74 Å². The van der Waals surface area contributed by atoms with E-state index in [0.717, 1.165) is 12.8 Å². The molecular weight excluding hydrogens is 250 g/mol. The number of H-pyrrole nitrogens is 2. The molecule has 7 nitrogen and oxygen atoms in total. The van der Waals surface area contributed by atoms with Crippen LogP contribution < -0.4 is 5.69 Å². The minimum Gasteiger partial charge on any atom is -0.466 e. The van der Waals surface area contributed by atoms with Gasteiger partial charge in [0.2, 0.25) is 0 Å². The number of aromatic amines is 2. The Labute approximate surface area is 109 Å². The van der Waals surface area contributed by atoms with Crippen molar-refractivity contribution in [1.29, 1.82) is 0 Å². The van der Waals surface area contributed by atoms with Gasteiger partial charge in [-0.25, -0.2) is 4.79 Å². The number of aromatic nitrogens is 2. The molecule has 0 bridgehead atoms. The van der Waals surface area contributed by atoms with Crippen LogP contribution in [0.2, 0.25) is 0 Å². The maximum absolute atomic E-state index is 12.1. The molecule has 1 aliphatic rings. The van der Waals surface area contributed by atoms with Gasteiger partial charge in [0.05, 0.1) is 12.5 Å². The van der Waals surface area contributed by atoms with E-state index in [9.17, 15) is 14.4 Å². The normalized spacial score (nSPS) is 19.2. The number of carbonyl (C=O) groups excluding carboxylic acids is 2. The summed E-state index contributed by atoms with van der Waals surface area (Å²) in [4.78, 5) is 41.2. The fourth-order valence-electron chi connectivity index (χ4n) is 2.23. The number of piperidine rings is 1. The highest BCUT2D eigenvalue weighted by atomic mass is 16.5. The Balaban J connectivity index is 2.03. The second-order valence-electron chi connectivity index (χ2n) is 4.50. The van der Waals surface area contributed by atoms with Gasteiger partial charge in [-0.3, -0.25) is 9.59 Å². The minimum atomic E-state index is -0.415. The summed E-state index contributed by atoms with van der Waals surface area (Å²) in [5, 5.41) is 0. The van der Waals surface area contributed by atoms with Crippen molar-refractivity contribution in [2.75, 3.05) is 19.7 Å². The van der Waals surface area contributed by atoms with Gasteiger partial charge in [0.15, 0.2) is 0 Å². The molecule has 2 rings (SSSR count). The van der Waals surface area contributed by atoms with Gasteiger partial charge in [-0.05, 0) is 19.8 Å². The molecular formula is C12H17N3O4. The first-order chi connectivity index (χ1) is 9.11. The fourth-order valence-corrected chi connectivity index (χ4v) is 2.23. The van der Waals surface area contributed by atoms with Crippen LogP contribution >= 0.6 is 0 Å². The molecule has 1 aliphatic heterocycles. The molecule has 1 aromatic heterocycles. The average Bonchev–Trinajstić information content (AvgIpc) is 2.85. The number of rotatable bonds is 3. The number of nitrogens with one attached hydrogen (secondary N) is 2. The average molecular weight is 267 g/mol. The molecule has 1 amide bonds. The van der Waals surface area contributed by atoms with Gasteiger partial charge in [0.25, 0.3) is 5.91 Å². The third kappa shape index (κ3) is 3.04. The first kappa shape index (κ1) is 13.4. The summed E-state index contributed by atoms with van der Waals surface area (Å²) in [5.74, 6) is -0.807. The number of amides is 1. The predicted molar refractivity (Wildman–Crippen MR) is 66.7 cm³/mol. The lowest BCUT2D eigenvalue weighted by molar-refractivity contribution is -0.149. The number of nitrogens with zero attached hydrogens (tertiary/aromatic N) is 1. The third-order valence-electron chi connectivity index (χ3n) is 3.15. The SMILES string of the molecule is CCOC(=O)[C@@H]1CCCN(C(=O)c2c[nH]c(=O)[nH]2)C1. The topological polar surface area (TPSA) is 95.3 Å². The van der Waals surface area contributed by atoms with Crippen molar-refractivity contribution in [1.82, 2.24) is 14.9 Å². The second kappa shape index (κ2) is 5.73. The van der Waals surface area contributed by atoms with E-state index in [-0.39, 0.29) is 23.5 Å². The molecule has 1 atom stereocenters. The van der Waals surface area contributed by atoms with E-state index < -0.39 is 5.69 Å². The van der Waals surface area contributed by atoms with Crippen LogP contribution in [0.3, 0.4) is 0 Å². The van der Waals surface area contributed by atoms with Crippen molar-refractivity contribution in [2.45, 2.75) is 19.8 Å². The van der Waals surface area contributed by atoms with Crippen LogP contribution in [0.25, 0.3) is 0 Å². The first-order valence-corrected chi connectivity index (χ1v) is 6.35. The number of hydrogen-bond acceptors (Lipinski definition) is 4. The minimum absolute atomic E-state index is 0.217. The molecule has 2 heterocycles. The molecule has 0 saturated carbocycles. The van der Waals surface area contributed by atoms with Crippen LogP contribution in [0.4, 0.5) is 0 Å². The van der Waals surface area contributed by atoms with Gasteiger partial charge in [0.1, 0.15) is 5.69 Å². The summed E-state index contributed by atoms with van der Waals surface area (Å²) in [6, 6.07) is 0. The number of likely N-dealkylation sites (tertiary alicyclic amines) is 1. The maximum Gasteiger partial charge on any atom is 0.323 e. The summed E-state index contributed by atoms with van der Waals surface area (Å²) < 4.78 is 4.98. The molecule has 1 aromatic rings. The second-order valence-corrected chi connectivity index (χ2v) is 4.50. The lowest BCUT2D eigenvalue weighted by Gasteiger charge is -2.31. The van der Waals surface area contributed by atoms with Gasteiger partial charge in [-0.15, -0.1) is 0 Å². The van der Waals surface area contributed by atoms with Crippen molar-refractivity contribution in [3.8, 4) is 0 Å². The lowest BCUT2D eigenvalue weighted by atomic mass is 9.98. The van der Waals surface area contributed by atoms with Gasteiger partial charge in [-0.1, -0.05) is 0 Å². The summed E-state index contributed by atoms with van der Waals surface area (Å²) in [7, 11) is 0. The highest BCUT2D eigenvalue weighted by Gasteiger charge is 2.30. The summed E-state index contributed by atoms with van der Waals surface area (Å²) in [6.07, 6.45) is 2.83. The van der Waals surface area contributed by atoms with Crippen LogP contribution in [-0.4, -0.2) is 46.4 Å². The Hall–Kier alpha value is -2.05. The van der Waals surface area contributed by atoms with Gasteiger partial charge in [0, 0.05) is 19.3 Å². The zero-order valence-corrected chi connectivity index (χ0v) is 10.8. The highest BCUT2D eigenvalue weighted by molar-refractivity contribution is 5.92. The summed E-state index contributed by atoms with van der Waals surface area (Å²) in [6.45, 7) is 3.02. The Morgan fingerprint density at radius 2 is 2.32 bits per heavy atom. The monoisotopic (exact) mass is 267 g/mol. The molecule has 0 radical (unpaired) electrons. The molecule has 104 valence electrons. The van der Waals surface area contributed by atoms with Crippen LogP contribution in [0.5, 0.6) is 0 Å². The van der Waals surface area contributed by atoms with Gasteiger partial charge >= 0.3 is 11.7 Å². The Morgan fingerprint density at radius 3 is 2.95 bits per heavy atom. The number of ether oxygens (including phenoxy) is 1. The lowest BCUT2D eigenvalue weighted by Crippen LogP contribution is -2.43. The Morgan fingerprint density at radius 1 is 1.53 bits per heavy atom. The predicted octanol–water partition coefficient (Wildman–Crippen LogP) is 0.118. The molecule has 19 heavy (non-hydrogen) atoms. The molecule has 1 saturated heterocycles. The molecule has 0 unspecified atom stereocenters. The molecule has 0 aliphatic carbocycles. The van der Waals surface area contributed by atoms with Crippen LogP contribution in [0.15, 0.2) is 11.0 Å². The number of imidazole rings is 1. The summed E-state index contributed by atoms with van der Waals surface area (Å²) in [5.41, 5.74) is -0.197. The fraction of sp³-hybridized carbons (Fsp3) is 0.583. The molecule has 2 N–H and O–H groups in total. The van der Waals surface area contributed by atoms with E-state index in [1.165, 1.54) is 6.20 Å². The number of hydrogen-bond donors (Lipinski definition) is 2. The highest BCUT2D eigenvalue weighted by Crippen LogP contribution is 2.19. The van der Waals surface area contributed by atoms with Crippen LogP contribution in [0.1, 0.15) is 30.3 Å². The Bertz CT molecular complexity index is 519. The van der Waals surface area contributed by atoms with Crippen molar-refractivity contribution in [3.05, 3.63) is 22.4 Å². The molecule has 7 heteroatoms. The van der Waals surface area contributed by atoms with E-state index >= 15 is 0 Å². The smallest absolute Gasteiger partial charge is 0.323 e. The molecule has 0 aromatic carbocycles. The van der Waals surface area contributed by atoms with E-state index in [0.29, 0.717) is 19.7 Å². The van der Waals surface area contributed by atoms with Crippen molar-refractivity contribution in [3.63, 3.8) is 0 Å². The quantitative estimate of drug-likeness (QED) is 0.760. The largest absolute Gasteiger partial charge is 0.466 e. The first-order valence-electron chi connectivity index (χ1n) is 6.35. The van der Waals surface area contributed by atoms with Crippen LogP contribution in [-0.2, 0) is 9.53 Å². The van der Waals surface area contributed by atoms with Gasteiger partial charge in [-0.2, -0.15) is 0 Å². The molecule has 0 spiro atoms. The maximum atomic E-state index is 12.1. The van der Waals surface area contributed by atoms with Crippen molar-refractivity contribution >= 4 is 11.9 Å². The Kier molecular flexibility index (Phi) is 4.03. The molecule has 1 fully saturated rings. The zero-order valence-electron chi connectivity index (χ0n) is 10.8.